The van der Waals surface area contributed by atoms with E-state index in [1.54, 1.807) is 33.9 Å². The first-order valence-corrected chi connectivity index (χ1v) is 10.8. The molecule has 2 aliphatic rings. The van der Waals surface area contributed by atoms with Gasteiger partial charge in [0.15, 0.2) is 11.6 Å². The van der Waals surface area contributed by atoms with E-state index in [9.17, 15) is 24.3 Å². The molecule has 0 atom stereocenters. The number of ketones is 2. The van der Waals surface area contributed by atoms with Crippen LogP contribution in [-0.2, 0) is 11.8 Å². The molecule has 0 bridgehead atoms. The van der Waals surface area contributed by atoms with E-state index in [-0.39, 0.29) is 40.8 Å². The summed E-state index contributed by atoms with van der Waals surface area (Å²) in [6, 6.07) is 2.98. The minimum Gasteiger partial charge on any atom is -0.511 e. The van der Waals surface area contributed by atoms with E-state index in [2.05, 4.69) is 0 Å². The molecule has 4 rings (SSSR count). The van der Waals surface area contributed by atoms with Crippen molar-refractivity contribution >= 4 is 22.5 Å². The van der Waals surface area contributed by atoms with Gasteiger partial charge in [0.2, 0.25) is 0 Å². The normalized spacial score (nSPS) is 19.4. The molecule has 0 radical (unpaired) electrons. The van der Waals surface area contributed by atoms with Gasteiger partial charge in [0.1, 0.15) is 11.3 Å². The molecule has 1 saturated carbocycles. The number of hydrogen-bond acceptors (Lipinski definition) is 5. The van der Waals surface area contributed by atoms with Crippen molar-refractivity contribution in [3.8, 4) is 0 Å². The molecule has 2 aliphatic carbocycles. The first-order valence-electron chi connectivity index (χ1n) is 10.8. The summed E-state index contributed by atoms with van der Waals surface area (Å²) in [6.07, 6.45) is 4.17. The molecule has 0 unspecified atom stereocenters. The lowest BCUT2D eigenvalue weighted by molar-refractivity contribution is -0.116. The zero-order valence-corrected chi connectivity index (χ0v) is 18.4. The number of allylic oxidation sites excluding steroid dienone is 2. The van der Waals surface area contributed by atoms with Gasteiger partial charge in [-0.3, -0.25) is 23.5 Å². The van der Waals surface area contributed by atoms with Crippen molar-refractivity contribution in [3.05, 3.63) is 55.4 Å². The second kappa shape index (κ2) is 7.32. The van der Waals surface area contributed by atoms with E-state index in [1.165, 1.54) is 15.2 Å². The molecule has 1 aromatic carbocycles. The van der Waals surface area contributed by atoms with Gasteiger partial charge in [0, 0.05) is 30.5 Å². The number of benzene rings is 1. The number of carbonyl (C=O) groups excluding carboxylic acids is 2. The highest BCUT2D eigenvalue weighted by Gasteiger charge is 2.38. The van der Waals surface area contributed by atoms with Gasteiger partial charge < -0.3 is 5.11 Å². The molecule has 1 fully saturated rings. The average Bonchev–Trinajstić information content (AvgIpc) is 3.24. The summed E-state index contributed by atoms with van der Waals surface area (Å²) in [5.74, 6) is -1.16. The van der Waals surface area contributed by atoms with Crippen LogP contribution in [0.15, 0.2) is 33.1 Å². The predicted octanol–water partition coefficient (Wildman–Crippen LogP) is 3.51. The van der Waals surface area contributed by atoms with Crippen LogP contribution in [0, 0.1) is 12.3 Å². The molecule has 0 spiro atoms. The van der Waals surface area contributed by atoms with Gasteiger partial charge in [-0.15, -0.1) is 0 Å². The van der Waals surface area contributed by atoms with Crippen molar-refractivity contribution in [3.63, 3.8) is 0 Å². The summed E-state index contributed by atoms with van der Waals surface area (Å²) in [6.45, 7) is 5.26. The van der Waals surface area contributed by atoms with E-state index < -0.39 is 16.8 Å². The van der Waals surface area contributed by atoms with E-state index in [4.69, 9.17) is 0 Å². The third-order valence-electron chi connectivity index (χ3n) is 7.03. The predicted molar refractivity (Wildman–Crippen MR) is 118 cm³/mol. The number of aliphatic hydroxyl groups excluding tert-OH is 1. The Bertz CT molecular complexity index is 1270. The number of nitrogens with zero attached hydrogens (tertiary/aromatic N) is 2. The summed E-state index contributed by atoms with van der Waals surface area (Å²) in [5, 5.41) is 11.0. The van der Waals surface area contributed by atoms with E-state index in [1.807, 2.05) is 0 Å². The second-order valence-electron chi connectivity index (χ2n) is 9.45. The first-order chi connectivity index (χ1) is 14.6. The monoisotopic (exact) mass is 424 g/mol. The van der Waals surface area contributed by atoms with Gasteiger partial charge >= 0.3 is 5.69 Å². The van der Waals surface area contributed by atoms with Gasteiger partial charge in [0.25, 0.3) is 5.56 Å². The van der Waals surface area contributed by atoms with Crippen LogP contribution in [0.25, 0.3) is 10.9 Å². The number of aliphatic hydroxyl groups is 1. The van der Waals surface area contributed by atoms with Crippen LogP contribution in [0.1, 0.15) is 74.3 Å². The Labute approximate surface area is 180 Å². The number of rotatable bonds is 3. The molecular weight excluding hydrogens is 396 g/mol. The molecular formula is C24H28N2O5. The summed E-state index contributed by atoms with van der Waals surface area (Å²) in [4.78, 5) is 52.2. The van der Waals surface area contributed by atoms with E-state index in [0.717, 1.165) is 25.7 Å². The SMILES string of the molecule is Cc1c(C(=O)C2=C(O)C(C)(C)CCC2=O)ccc2c1c(=O)n(C1CCCC1)c(=O)n2C. The maximum Gasteiger partial charge on any atom is 0.331 e. The number of fused-ring (bicyclic) bond motifs is 1. The number of aryl methyl sites for hydroxylation is 2. The lowest BCUT2D eigenvalue weighted by Gasteiger charge is -2.30. The van der Waals surface area contributed by atoms with Crippen LogP contribution in [0.5, 0.6) is 0 Å². The van der Waals surface area contributed by atoms with Crippen molar-refractivity contribution in [1.82, 2.24) is 9.13 Å². The van der Waals surface area contributed by atoms with Crippen molar-refractivity contribution in [2.45, 2.75) is 65.3 Å². The Morgan fingerprint density at radius 1 is 1.13 bits per heavy atom. The fourth-order valence-electron chi connectivity index (χ4n) is 4.96. The Morgan fingerprint density at radius 2 is 1.77 bits per heavy atom. The minimum absolute atomic E-state index is 0.137. The molecule has 7 nitrogen and oxygen atoms in total. The molecule has 1 heterocycles. The van der Waals surface area contributed by atoms with Crippen LogP contribution < -0.4 is 11.2 Å². The lowest BCUT2D eigenvalue weighted by atomic mass is 9.75. The average molecular weight is 424 g/mol. The number of carbonyl (C=O) groups is 2. The molecule has 0 aliphatic heterocycles. The van der Waals surface area contributed by atoms with Crippen molar-refractivity contribution in [2.24, 2.45) is 12.5 Å². The molecule has 1 aromatic heterocycles. The van der Waals surface area contributed by atoms with Gasteiger partial charge in [-0.2, -0.15) is 0 Å². The van der Waals surface area contributed by atoms with Crippen molar-refractivity contribution < 1.29 is 14.7 Å². The maximum absolute atomic E-state index is 13.4. The quantitative estimate of drug-likeness (QED) is 0.601. The highest BCUT2D eigenvalue weighted by molar-refractivity contribution is 6.28. The highest BCUT2D eigenvalue weighted by Crippen LogP contribution is 2.38. The summed E-state index contributed by atoms with van der Waals surface area (Å²) >= 11 is 0. The molecule has 2 aromatic rings. The summed E-state index contributed by atoms with van der Waals surface area (Å²) in [7, 11) is 1.62. The lowest BCUT2D eigenvalue weighted by Crippen LogP contribution is -2.41. The van der Waals surface area contributed by atoms with Gasteiger partial charge in [-0.05, 0) is 43.9 Å². The Kier molecular flexibility index (Phi) is 5.03. The molecule has 1 N–H and O–H groups in total. The molecule has 164 valence electrons. The summed E-state index contributed by atoms with van der Waals surface area (Å²) in [5.41, 5.74) is -0.535. The van der Waals surface area contributed by atoms with Crippen LogP contribution in [-0.4, -0.2) is 25.8 Å². The van der Waals surface area contributed by atoms with Crippen LogP contribution in [0.2, 0.25) is 0 Å². The van der Waals surface area contributed by atoms with E-state index in [0.29, 0.717) is 22.9 Å². The fraction of sp³-hybridized carbons (Fsp3) is 0.500. The number of aromatic nitrogens is 2. The maximum atomic E-state index is 13.4. The van der Waals surface area contributed by atoms with Gasteiger partial charge in [-0.25, -0.2) is 4.79 Å². The molecule has 0 amide bonds. The van der Waals surface area contributed by atoms with Crippen molar-refractivity contribution in [1.29, 1.82) is 0 Å². The number of hydrogen-bond donors (Lipinski definition) is 1. The minimum atomic E-state index is -0.664. The zero-order valence-electron chi connectivity index (χ0n) is 18.4. The fourth-order valence-corrected chi connectivity index (χ4v) is 4.96. The largest absolute Gasteiger partial charge is 0.511 e. The second-order valence-corrected chi connectivity index (χ2v) is 9.45. The zero-order chi connectivity index (χ0) is 22.7. The van der Waals surface area contributed by atoms with Gasteiger partial charge in [0.05, 0.1) is 10.9 Å². The van der Waals surface area contributed by atoms with Crippen molar-refractivity contribution in [2.75, 3.05) is 0 Å². The van der Waals surface area contributed by atoms with Crippen LogP contribution in [0.3, 0.4) is 0 Å². The van der Waals surface area contributed by atoms with Crippen LogP contribution in [0.4, 0.5) is 0 Å². The highest BCUT2D eigenvalue weighted by atomic mass is 16.3. The third-order valence-corrected chi connectivity index (χ3v) is 7.03. The summed E-state index contributed by atoms with van der Waals surface area (Å²) < 4.78 is 2.77. The third kappa shape index (κ3) is 3.18. The standard InChI is InChI=1S/C24H28N2O5/c1-13-15(20(28)19-17(27)11-12-24(2,3)21(19)29)9-10-16-18(13)22(30)26(23(31)25(16)4)14-7-5-6-8-14/h9-10,14,29H,5-8,11-12H2,1-4H3. The number of Topliss-reactive ketones (excluding diaryl/α,β-unsaturated/α-hetero) is 2. The Balaban J connectivity index is 1.97. The molecule has 0 saturated heterocycles. The Morgan fingerprint density at radius 3 is 2.42 bits per heavy atom. The Hall–Kier alpha value is -2.96. The smallest absolute Gasteiger partial charge is 0.331 e. The first kappa shape index (κ1) is 21.3. The van der Waals surface area contributed by atoms with Crippen LogP contribution >= 0.6 is 0 Å². The molecule has 7 heteroatoms. The van der Waals surface area contributed by atoms with E-state index >= 15 is 0 Å². The topological polar surface area (TPSA) is 98.4 Å². The van der Waals surface area contributed by atoms with Gasteiger partial charge in [-0.1, -0.05) is 26.7 Å². The molecule has 31 heavy (non-hydrogen) atoms.